The van der Waals surface area contributed by atoms with Gasteiger partial charge in [-0.3, -0.25) is 9.59 Å². The van der Waals surface area contributed by atoms with E-state index in [1.165, 1.54) is 12.8 Å². The molecule has 3 heterocycles. The van der Waals surface area contributed by atoms with Crippen molar-refractivity contribution in [3.05, 3.63) is 53.9 Å². The summed E-state index contributed by atoms with van der Waals surface area (Å²) in [5.74, 6) is 0.457. The number of fused-ring (bicyclic) bond motifs is 3. The molecule has 2 aromatic heterocycles. The SMILES string of the molecule is COc1cccc(CN2C(=O)c3cc4occc4n3C[C@@]2(C)C(=O)NC2CCCCCC2)c1. The number of rotatable bonds is 5. The van der Waals surface area contributed by atoms with Gasteiger partial charge in [0.25, 0.3) is 5.91 Å². The van der Waals surface area contributed by atoms with E-state index in [2.05, 4.69) is 5.32 Å². The molecule has 3 aromatic rings. The van der Waals surface area contributed by atoms with E-state index in [0.717, 1.165) is 42.5 Å². The molecule has 1 saturated carbocycles. The third kappa shape index (κ3) is 3.90. The highest BCUT2D eigenvalue weighted by molar-refractivity contribution is 6.02. The van der Waals surface area contributed by atoms with Gasteiger partial charge in [-0.15, -0.1) is 0 Å². The van der Waals surface area contributed by atoms with Crippen LogP contribution in [-0.4, -0.2) is 40.0 Å². The molecule has 0 saturated heterocycles. The third-order valence-electron chi connectivity index (χ3n) is 7.20. The molecule has 33 heavy (non-hydrogen) atoms. The summed E-state index contributed by atoms with van der Waals surface area (Å²) in [7, 11) is 1.62. The van der Waals surface area contributed by atoms with E-state index < -0.39 is 5.54 Å². The second-order valence-corrected chi connectivity index (χ2v) is 9.46. The Bertz CT molecular complexity index is 1170. The molecule has 1 aliphatic heterocycles. The number of hydrogen-bond acceptors (Lipinski definition) is 4. The van der Waals surface area contributed by atoms with E-state index in [1.807, 2.05) is 41.8 Å². The van der Waals surface area contributed by atoms with Gasteiger partial charge in [-0.25, -0.2) is 0 Å². The predicted molar refractivity (Wildman–Crippen MR) is 125 cm³/mol. The Labute approximate surface area is 193 Å². The van der Waals surface area contributed by atoms with Crippen LogP contribution in [0.25, 0.3) is 11.1 Å². The predicted octanol–water partition coefficient (Wildman–Crippen LogP) is 4.50. The lowest BCUT2D eigenvalue weighted by molar-refractivity contribution is -0.134. The number of nitrogens with zero attached hydrogens (tertiary/aromatic N) is 2. The number of furan rings is 1. The number of nitrogens with one attached hydrogen (secondary N) is 1. The summed E-state index contributed by atoms with van der Waals surface area (Å²) < 4.78 is 12.9. The third-order valence-corrected chi connectivity index (χ3v) is 7.20. The largest absolute Gasteiger partial charge is 0.497 e. The Morgan fingerprint density at radius 3 is 2.73 bits per heavy atom. The molecule has 2 amide bonds. The monoisotopic (exact) mass is 449 g/mol. The smallest absolute Gasteiger partial charge is 0.271 e. The first-order chi connectivity index (χ1) is 16.0. The van der Waals surface area contributed by atoms with Gasteiger partial charge >= 0.3 is 0 Å². The average molecular weight is 450 g/mol. The van der Waals surface area contributed by atoms with Gasteiger partial charge in [0, 0.05) is 24.7 Å². The molecule has 5 rings (SSSR count). The van der Waals surface area contributed by atoms with Crippen LogP contribution in [0.1, 0.15) is 61.5 Å². The molecule has 1 aromatic carbocycles. The zero-order valence-corrected chi connectivity index (χ0v) is 19.3. The van der Waals surface area contributed by atoms with Crippen LogP contribution in [0.2, 0.25) is 0 Å². The summed E-state index contributed by atoms with van der Waals surface area (Å²) >= 11 is 0. The minimum Gasteiger partial charge on any atom is -0.497 e. The summed E-state index contributed by atoms with van der Waals surface area (Å²) in [6.07, 6.45) is 8.30. The molecule has 7 nitrogen and oxygen atoms in total. The first-order valence-electron chi connectivity index (χ1n) is 11.8. The lowest BCUT2D eigenvalue weighted by Crippen LogP contribution is -2.64. The molecular weight excluding hydrogens is 418 g/mol. The van der Waals surface area contributed by atoms with Crippen molar-refractivity contribution in [3.8, 4) is 5.75 Å². The van der Waals surface area contributed by atoms with E-state index in [0.29, 0.717) is 24.4 Å². The molecule has 1 atom stereocenters. The lowest BCUT2D eigenvalue weighted by Gasteiger charge is -2.44. The summed E-state index contributed by atoms with van der Waals surface area (Å²) in [5.41, 5.74) is 1.93. The van der Waals surface area contributed by atoms with Crippen LogP contribution in [0.3, 0.4) is 0 Å². The Kier molecular flexibility index (Phi) is 5.64. The quantitative estimate of drug-likeness (QED) is 0.582. The highest BCUT2D eigenvalue weighted by atomic mass is 16.5. The Balaban J connectivity index is 1.51. The Morgan fingerprint density at radius 1 is 1.18 bits per heavy atom. The van der Waals surface area contributed by atoms with E-state index in [-0.39, 0.29) is 17.9 Å². The minimum absolute atomic E-state index is 0.0957. The van der Waals surface area contributed by atoms with Crippen LogP contribution in [0.15, 0.2) is 47.1 Å². The highest BCUT2D eigenvalue weighted by Crippen LogP contribution is 2.34. The van der Waals surface area contributed by atoms with Crippen molar-refractivity contribution in [3.63, 3.8) is 0 Å². The summed E-state index contributed by atoms with van der Waals surface area (Å²) in [6.45, 7) is 2.57. The van der Waals surface area contributed by atoms with Crippen molar-refractivity contribution in [2.75, 3.05) is 7.11 Å². The van der Waals surface area contributed by atoms with Gasteiger partial charge in [0.1, 0.15) is 17.0 Å². The molecule has 1 N–H and O–H groups in total. The topological polar surface area (TPSA) is 76.7 Å². The van der Waals surface area contributed by atoms with E-state index in [9.17, 15) is 9.59 Å². The normalized spacial score (nSPS) is 21.6. The number of aromatic nitrogens is 1. The zero-order chi connectivity index (χ0) is 23.0. The van der Waals surface area contributed by atoms with Gasteiger partial charge in [-0.1, -0.05) is 37.8 Å². The second kappa shape index (κ2) is 8.61. The molecule has 174 valence electrons. The van der Waals surface area contributed by atoms with Gasteiger partial charge in [-0.05, 0) is 37.5 Å². The highest BCUT2D eigenvalue weighted by Gasteiger charge is 2.48. The Morgan fingerprint density at radius 2 is 1.97 bits per heavy atom. The van der Waals surface area contributed by atoms with Crippen LogP contribution in [0.4, 0.5) is 0 Å². The van der Waals surface area contributed by atoms with Crippen molar-refractivity contribution >= 4 is 22.9 Å². The lowest BCUT2D eigenvalue weighted by atomic mass is 9.93. The summed E-state index contributed by atoms with van der Waals surface area (Å²) in [5, 5.41) is 3.30. The molecule has 1 fully saturated rings. The van der Waals surface area contributed by atoms with Crippen LogP contribution in [0.5, 0.6) is 5.75 Å². The summed E-state index contributed by atoms with van der Waals surface area (Å²) in [4.78, 5) is 29.3. The number of hydrogen-bond donors (Lipinski definition) is 1. The van der Waals surface area contributed by atoms with Crippen molar-refractivity contribution in [1.82, 2.24) is 14.8 Å². The van der Waals surface area contributed by atoms with E-state index in [4.69, 9.17) is 9.15 Å². The van der Waals surface area contributed by atoms with Crippen LogP contribution in [0, 0.1) is 0 Å². The molecule has 2 aliphatic rings. The number of benzene rings is 1. The van der Waals surface area contributed by atoms with Crippen molar-refractivity contribution in [2.45, 2.75) is 70.1 Å². The fourth-order valence-corrected chi connectivity index (χ4v) is 5.24. The fourth-order valence-electron chi connectivity index (χ4n) is 5.24. The molecule has 0 unspecified atom stereocenters. The molecule has 0 bridgehead atoms. The van der Waals surface area contributed by atoms with Crippen molar-refractivity contribution in [1.29, 1.82) is 0 Å². The van der Waals surface area contributed by atoms with Crippen LogP contribution >= 0.6 is 0 Å². The average Bonchev–Trinajstić information content (AvgIpc) is 3.31. The fraction of sp³-hybridized carbons (Fsp3) is 0.462. The van der Waals surface area contributed by atoms with E-state index >= 15 is 0 Å². The van der Waals surface area contributed by atoms with Gasteiger partial charge in [0.05, 0.1) is 25.4 Å². The second-order valence-electron chi connectivity index (χ2n) is 9.46. The maximum Gasteiger partial charge on any atom is 0.271 e. The summed E-state index contributed by atoms with van der Waals surface area (Å²) in [6, 6.07) is 11.4. The van der Waals surface area contributed by atoms with Gasteiger partial charge < -0.3 is 23.9 Å². The number of carbonyl (C=O) groups excluding carboxylic acids is 2. The number of carbonyl (C=O) groups is 2. The number of amides is 2. The standard InChI is InChI=1S/C26H31N3O4/c1-26(25(31)27-19-9-5-3-4-6-10-19)17-28-21-12-13-33-23(21)15-22(28)24(30)29(26)16-18-8-7-11-20(14-18)32-2/h7-8,11-15,19H,3-6,9-10,16-17H2,1-2H3,(H,27,31)/t26-/m0/s1. The van der Waals surface area contributed by atoms with Gasteiger partial charge in [0.2, 0.25) is 5.91 Å². The maximum atomic E-state index is 13.8. The van der Waals surface area contributed by atoms with Crippen LogP contribution in [-0.2, 0) is 17.9 Å². The molecule has 0 spiro atoms. The number of ether oxygens (including phenoxy) is 1. The first-order valence-corrected chi connectivity index (χ1v) is 11.8. The first kappa shape index (κ1) is 21.6. The van der Waals surface area contributed by atoms with Crippen molar-refractivity contribution in [2.24, 2.45) is 0 Å². The van der Waals surface area contributed by atoms with Gasteiger partial charge in [0.15, 0.2) is 5.58 Å². The molecule has 1 aliphatic carbocycles. The number of methoxy groups -OCH3 is 1. The Hall–Kier alpha value is -3.22. The molecular formula is C26H31N3O4. The van der Waals surface area contributed by atoms with Crippen LogP contribution < -0.4 is 10.1 Å². The maximum absolute atomic E-state index is 13.8. The minimum atomic E-state index is -1.04. The molecule has 7 heteroatoms. The van der Waals surface area contributed by atoms with E-state index in [1.54, 1.807) is 24.3 Å². The van der Waals surface area contributed by atoms with Gasteiger partial charge in [-0.2, -0.15) is 0 Å². The zero-order valence-electron chi connectivity index (χ0n) is 19.3. The van der Waals surface area contributed by atoms with Crippen molar-refractivity contribution < 1.29 is 18.7 Å². The molecule has 0 radical (unpaired) electrons.